The van der Waals surface area contributed by atoms with Gasteiger partial charge in [-0.25, -0.2) is 0 Å². The van der Waals surface area contributed by atoms with Gasteiger partial charge in [0.25, 0.3) is 0 Å². The number of thioether (sulfide) groups is 1. The monoisotopic (exact) mass is 394 g/mol. The molecule has 0 unspecified atom stereocenters. The third-order valence-corrected chi connectivity index (χ3v) is 5.54. The van der Waals surface area contributed by atoms with Gasteiger partial charge in [-0.15, -0.1) is 10.2 Å². The Morgan fingerprint density at radius 3 is 2.21 bits per heavy atom. The van der Waals surface area contributed by atoms with Crippen molar-refractivity contribution >= 4 is 17.7 Å². The highest BCUT2D eigenvalue weighted by Crippen LogP contribution is 2.20. The van der Waals surface area contributed by atoms with Crippen molar-refractivity contribution in [1.82, 2.24) is 19.7 Å². The fraction of sp³-hybridized carbons (Fsp3) is 0.318. The van der Waals surface area contributed by atoms with Crippen molar-refractivity contribution in [3.05, 3.63) is 77.6 Å². The molecule has 3 aromatic rings. The molecule has 2 aromatic carbocycles. The molecule has 0 atom stereocenters. The zero-order valence-electron chi connectivity index (χ0n) is 16.4. The van der Waals surface area contributed by atoms with Gasteiger partial charge in [0.1, 0.15) is 5.82 Å². The molecule has 1 heterocycles. The molecular weight excluding hydrogens is 368 g/mol. The molecular formula is C22H26N4OS. The van der Waals surface area contributed by atoms with E-state index in [1.807, 2.05) is 60.4 Å². The normalized spacial score (nSPS) is 10.8. The lowest BCUT2D eigenvalue weighted by Gasteiger charge is -2.20. The van der Waals surface area contributed by atoms with E-state index in [4.69, 9.17) is 0 Å². The van der Waals surface area contributed by atoms with Crippen molar-refractivity contribution in [2.75, 3.05) is 12.3 Å². The van der Waals surface area contributed by atoms with Crippen molar-refractivity contribution in [3.63, 3.8) is 0 Å². The van der Waals surface area contributed by atoms with E-state index in [9.17, 15) is 4.79 Å². The Kier molecular flexibility index (Phi) is 7.25. The van der Waals surface area contributed by atoms with Crippen LogP contribution < -0.4 is 0 Å². The van der Waals surface area contributed by atoms with Crippen LogP contribution in [0, 0.1) is 0 Å². The fourth-order valence-electron chi connectivity index (χ4n) is 3.05. The minimum absolute atomic E-state index is 0.117. The molecule has 0 fully saturated rings. The molecule has 0 aliphatic carbocycles. The predicted molar refractivity (Wildman–Crippen MR) is 113 cm³/mol. The van der Waals surface area contributed by atoms with Crippen LogP contribution in [0.25, 0.3) is 0 Å². The molecule has 1 amide bonds. The summed E-state index contributed by atoms with van der Waals surface area (Å²) in [5.74, 6) is 1.41. The van der Waals surface area contributed by atoms with Gasteiger partial charge in [-0.2, -0.15) is 0 Å². The van der Waals surface area contributed by atoms with E-state index < -0.39 is 0 Å². The van der Waals surface area contributed by atoms with Crippen LogP contribution in [0.2, 0.25) is 0 Å². The summed E-state index contributed by atoms with van der Waals surface area (Å²) in [6.45, 7) is 6.20. The SMILES string of the molecule is CCN(Cc1ccccc1)C(=O)CSc1nnc(Cc2ccccc2)n1CC. The lowest BCUT2D eigenvalue weighted by molar-refractivity contribution is -0.128. The smallest absolute Gasteiger partial charge is 0.233 e. The van der Waals surface area contributed by atoms with Crippen LogP contribution in [0.15, 0.2) is 65.8 Å². The van der Waals surface area contributed by atoms with Crippen molar-refractivity contribution in [1.29, 1.82) is 0 Å². The summed E-state index contributed by atoms with van der Waals surface area (Å²) in [6, 6.07) is 20.3. The molecule has 0 spiro atoms. The van der Waals surface area contributed by atoms with Crippen LogP contribution in [0.4, 0.5) is 0 Å². The summed E-state index contributed by atoms with van der Waals surface area (Å²) in [5, 5.41) is 9.49. The molecule has 146 valence electrons. The first-order valence-electron chi connectivity index (χ1n) is 9.61. The van der Waals surface area contributed by atoms with Gasteiger partial charge < -0.3 is 9.47 Å². The summed E-state index contributed by atoms with van der Waals surface area (Å²) in [5.41, 5.74) is 2.35. The molecule has 0 saturated carbocycles. The maximum absolute atomic E-state index is 12.7. The Labute approximate surface area is 170 Å². The predicted octanol–water partition coefficient (Wildman–Crippen LogP) is 4.03. The Morgan fingerprint density at radius 1 is 0.964 bits per heavy atom. The summed E-state index contributed by atoms with van der Waals surface area (Å²) < 4.78 is 2.10. The van der Waals surface area contributed by atoms with Crippen molar-refractivity contribution in [2.24, 2.45) is 0 Å². The summed E-state index contributed by atoms with van der Waals surface area (Å²) in [4.78, 5) is 14.6. The maximum atomic E-state index is 12.7. The Bertz CT molecular complexity index is 880. The Morgan fingerprint density at radius 2 is 1.61 bits per heavy atom. The average molecular weight is 395 g/mol. The molecule has 0 radical (unpaired) electrons. The number of hydrogen-bond donors (Lipinski definition) is 0. The highest BCUT2D eigenvalue weighted by atomic mass is 32.2. The standard InChI is InChI=1S/C22H26N4OS/c1-3-25(16-19-13-9-6-10-14-19)21(27)17-28-22-24-23-20(26(22)4-2)15-18-11-7-5-8-12-18/h5-14H,3-4,15-17H2,1-2H3. The molecule has 28 heavy (non-hydrogen) atoms. The van der Waals surface area contributed by atoms with Gasteiger partial charge in [0.15, 0.2) is 5.16 Å². The second-order valence-electron chi connectivity index (χ2n) is 6.49. The molecule has 0 saturated heterocycles. The number of nitrogens with zero attached hydrogens (tertiary/aromatic N) is 4. The molecule has 5 nitrogen and oxygen atoms in total. The summed E-state index contributed by atoms with van der Waals surface area (Å²) in [7, 11) is 0. The van der Waals surface area contributed by atoms with Gasteiger partial charge >= 0.3 is 0 Å². The number of amides is 1. The van der Waals surface area contributed by atoms with Gasteiger partial charge in [0.05, 0.1) is 5.75 Å². The van der Waals surface area contributed by atoms with Crippen molar-refractivity contribution in [3.8, 4) is 0 Å². The molecule has 0 aliphatic heterocycles. The number of hydrogen-bond acceptors (Lipinski definition) is 4. The van der Waals surface area contributed by atoms with E-state index in [1.165, 1.54) is 17.3 Å². The number of carbonyl (C=O) groups excluding carboxylic acids is 1. The van der Waals surface area contributed by atoms with Crippen molar-refractivity contribution in [2.45, 2.75) is 38.5 Å². The van der Waals surface area contributed by atoms with Gasteiger partial charge in [-0.1, -0.05) is 72.4 Å². The zero-order chi connectivity index (χ0) is 19.8. The van der Waals surface area contributed by atoms with Gasteiger partial charge in [-0.3, -0.25) is 4.79 Å². The first-order valence-corrected chi connectivity index (χ1v) is 10.6. The van der Waals surface area contributed by atoms with Crippen molar-refractivity contribution < 1.29 is 4.79 Å². The van der Waals surface area contributed by atoms with Crippen LogP contribution in [-0.4, -0.2) is 37.9 Å². The summed E-state index contributed by atoms with van der Waals surface area (Å²) in [6.07, 6.45) is 0.741. The first kappa shape index (κ1) is 20.1. The lowest BCUT2D eigenvalue weighted by atomic mass is 10.1. The first-order chi connectivity index (χ1) is 13.7. The van der Waals surface area contributed by atoms with E-state index in [-0.39, 0.29) is 5.91 Å². The topological polar surface area (TPSA) is 51.0 Å². The third kappa shape index (κ3) is 5.23. The van der Waals surface area contributed by atoms with Crippen LogP contribution >= 0.6 is 11.8 Å². The number of carbonyl (C=O) groups is 1. The van der Waals surface area contributed by atoms with E-state index in [2.05, 4.69) is 33.8 Å². The molecule has 0 N–H and O–H groups in total. The van der Waals surface area contributed by atoms with Crippen LogP contribution in [-0.2, 0) is 24.3 Å². The van der Waals surface area contributed by atoms with Crippen LogP contribution in [0.3, 0.4) is 0 Å². The quantitative estimate of drug-likeness (QED) is 0.514. The highest BCUT2D eigenvalue weighted by molar-refractivity contribution is 7.99. The zero-order valence-corrected chi connectivity index (χ0v) is 17.2. The van der Waals surface area contributed by atoms with Gasteiger partial charge in [0.2, 0.25) is 5.91 Å². The van der Waals surface area contributed by atoms with Crippen LogP contribution in [0.1, 0.15) is 30.8 Å². The second kappa shape index (κ2) is 10.1. The Hall–Kier alpha value is -2.60. The minimum atomic E-state index is 0.117. The second-order valence-corrected chi connectivity index (χ2v) is 7.43. The minimum Gasteiger partial charge on any atom is -0.338 e. The van der Waals surface area contributed by atoms with Gasteiger partial charge in [-0.05, 0) is 25.0 Å². The third-order valence-electron chi connectivity index (χ3n) is 4.59. The van der Waals surface area contributed by atoms with E-state index in [0.29, 0.717) is 18.8 Å². The number of benzene rings is 2. The maximum Gasteiger partial charge on any atom is 0.233 e. The largest absolute Gasteiger partial charge is 0.338 e. The average Bonchev–Trinajstić information content (AvgIpc) is 3.13. The molecule has 0 aliphatic rings. The van der Waals surface area contributed by atoms with E-state index >= 15 is 0 Å². The fourth-order valence-corrected chi connectivity index (χ4v) is 3.97. The van der Waals surface area contributed by atoms with E-state index in [1.54, 1.807) is 0 Å². The molecule has 1 aromatic heterocycles. The Balaban J connectivity index is 1.62. The number of aromatic nitrogens is 3. The summed E-state index contributed by atoms with van der Waals surface area (Å²) >= 11 is 1.46. The molecule has 6 heteroatoms. The molecule has 3 rings (SSSR count). The number of rotatable bonds is 9. The van der Waals surface area contributed by atoms with E-state index in [0.717, 1.165) is 29.5 Å². The van der Waals surface area contributed by atoms with Gasteiger partial charge in [0, 0.05) is 26.1 Å². The highest BCUT2D eigenvalue weighted by Gasteiger charge is 2.16. The molecule has 0 bridgehead atoms. The lowest BCUT2D eigenvalue weighted by Crippen LogP contribution is -2.31. The van der Waals surface area contributed by atoms with Crippen LogP contribution in [0.5, 0.6) is 0 Å².